The van der Waals surface area contributed by atoms with Crippen LogP contribution < -0.4 is 5.32 Å². The summed E-state index contributed by atoms with van der Waals surface area (Å²) in [5.41, 5.74) is 0.940. The lowest BCUT2D eigenvalue weighted by atomic mass is 9.82. The summed E-state index contributed by atoms with van der Waals surface area (Å²) in [5.74, 6) is 0.375. The van der Waals surface area contributed by atoms with Gasteiger partial charge in [0, 0.05) is 11.1 Å². The fourth-order valence-electron chi connectivity index (χ4n) is 3.40. The molecule has 0 aliphatic heterocycles. The summed E-state index contributed by atoms with van der Waals surface area (Å²) in [5, 5.41) is 4.31. The van der Waals surface area contributed by atoms with Crippen LogP contribution >= 0.6 is 11.6 Å². The van der Waals surface area contributed by atoms with E-state index in [2.05, 4.69) is 12.2 Å². The standard InChI is InChI=1S/C18H27ClFN/c1-2-12-21-18(14-8-6-4-3-5-7-9-14)16-13-15(20)10-11-17(16)19/h10-11,13-14,18,21H,2-9,12H2,1H3. The van der Waals surface area contributed by atoms with E-state index in [9.17, 15) is 4.39 Å². The Hall–Kier alpha value is -0.600. The molecule has 3 heteroatoms. The van der Waals surface area contributed by atoms with E-state index in [4.69, 9.17) is 11.6 Å². The SMILES string of the molecule is CCCNC(c1cc(F)ccc1Cl)C1CCCCCCC1. The lowest BCUT2D eigenvalue weighted by Crippen LogP contribution is -2.30. The van der Waals surface area contributed by atoms with Crippen molar-refractivity contribution in [3.63, 3.8) is 0 Å². The van der Waals surface area contributed by atoms with Crippen LogP contribution in [0.5, 0.6) is 0 Å². The van der Waals surface area contributed by atoms with Gasteiger partial charge in [-0.25, -0.2) is 4.39 Å². The molecule has 21 heavy (non-hydrogen) atoms. The van der Waals surface area contributed by atoms with Crippen molar-refractivity contribution in [2.24, 2.45) is 5.92 Å². The topological polar surface area (TPSA) is 12.0 Å². The van der Waals surface area contributed by atoms with E-state index in [1.165, 1.54) is 51.0 Å². The predicted molar refractivity (Wildman–Crippen MR) is 88.3 cm³/mol. The van der Waals surface area contributed by atoms with Crippen LogP contribution in [0.1, 0.15) is 69.9 Å². The first-order valence-electron chi connectivity index (χ1n) is 8.40. The van der Waals surface area contributed by atoms with Crippen LogP contribution in [-0.2, 0) is 0 Å². The lowest BCUT2D eigenvalue weighted by Gasteiger charge is -2.30. The Morgan fingerprint density at radius 2 is 1.86 bits per heavy atom. The van der Waals surface area contributed by atoms with Gasteiger partial charge in [0.05, 0.1) is 0 Å². The maximum atomic E-state index is 13.7. The van der Waals surface area contributed by atoms with Gasteiger partial charge in [0.15, 0.2) is 0 Å². The van der Waals surface area contributed by atoms with Crippen molar-refractivity contribution in [2.45, 2.75) is 64.3 Å². The Bertz CT molecular complexity index is 427. The van der Waals surface area contributed by atoms with Gasteiger partial charge in [0.2, 0.25) is 0 Å². The Kier molecular flexibility index (Phi) is 6.98. The fourth-order valence-corrected chi connectivity index (χ4v) is 3.64. The third-order valence-electron chi connectivity index (χ3n) is 4.53. The molecule has 1 N–H and O–H groups in total. The van der Waals surface area contributed by atoms with E-state index >= 15 is 0 Å². The smallest absolute Gasteiger partial charge is 0.123 e. The molecule has 1 saturated carbocycles. The van der Waals surface area contributed by atoms with Crippen LogP contribution in [0.4, 0.5) is 4.39 Å². The summed E-state index contributed by atoms with van der Waals surface area (Å²) in [6.45, 7) is 3.11. The predicted octanol–water partition coefficient (Wildman–Crippen LogP) is 5.88. The minimum Gasteiger partial charge on any atom is -0.310 e. The van der Waals surface area contributed by atoms with Gasteiger partial charge in [-0.1, -0.05) is 50.6 Å². The van der Waals surface area contributed by atoms with Crippen LogP contribution in [-0.4, -0.2) is 6.54 Å². The van der Waals surface area contributed by atoms with E-state index in [1.807, 2.05) is 0 Å². The van der Waals surface area contributed by atoms with Crippen LogP contribution in [0.2, 0.25) is 5.02 Å². The molecular weight excluding hydrogens is 285 g/mol. The highest BCUT2D eigenvalue weighted by Gasteiger charge is 2.25. The first-order chi connectivity index (χ1) is 10.2. The van der Waals surface area contributed by atoms with Gasteiger partial charge in [0.1, 0.15) is 5.82 Å². The van der Waals surface area contributed by atoms with Gasteiger partial charge in [0.25, 0.3) is 0 Å². The maximum Gasteiger partial charge on any atom is 0.123 e. The minimum atomic E-state index is -0.191. The lowest BCUT2D eigenvalue weighted by molar-refractivity contribution is 0.288. The summed E-state index contributed by atoms with van der Waals surface area (Å²) in [6.07, 6.45) is 10.1. The number of nitrogens with one attached hydrogen (secondary N) is 1. The van der Waals surface area contributed by atoms with Crippen LogP contribution in [0.25, 0.3) is 0 Å². The van der Waals surface area contributed by atoms with Crippen molar-refractivity contribution in [1.29, 1.82) is 0 Å². The molecule has 1 aliphatic rings. The molecule has 1 aromatic carbocycles. The van der Waals surface area contributed by atoms with Crippen LogP contribution in [0, 0.1) is 11.7 Å². The zero-order valence-electron chi connectivity index (χ0n) is 13.0. The van der Waals surface area contributed by atoms with E-state index in [0.29, 0.717) is 10.9 Å². The molecule has 2 rings (SSSR count). The summed E-state index contributed by atoms with van der Waals surface area (Å²) >= 11 is 6.36. The number of rotatable bonds is 5. The van der Waals surface area contributed by atoms with Gasteiger partial charge < -0.3 is 5.32 Å². The summed E-state index contributed by atoms with van der Waals surface area (Å²) < 4.78 is 13.7. The molecule has 1 unspecified atom stereocenters. The van der Waals surface area contributed by atoms with Crippen molar-refractivity contribution in [2.75, 3.05) is 6.54 Å². The van der Waals surface area contributed by atoms with Crippen LogP contribution in [0.3, 0.4) is 0 Å². The summed E-state index contributed by atoms with van der Waals surface area (Å²) in [7, 11) is 0. The largest absolute Gasteiger partial charge is 0.310 e. The monoisotopic (exact) mass is 311 g/mol. The zero-order valence-corrected chi connectivity index (χ0v) is 13.8. The van der Waals surface area contributed by atoms with Gasteiger partial charge in [-0.3, -0.25) is 0 Å². The van der Waals surface area contributed by atoms with Crippen molar-refractivity contribution in [3.05, 3.63) is 34.6 Å². The summed E-state index contributed by atoms with van der Waals surface area (Å²) in [6, 6.07) is 4.94. The van der Waals surface area contributed by atoms with Crippen molar-refractivity contribution in [3.8, 4) is 0 Å². The molecule has 1 aliphatic carbocycles. The molecular formula is C18H27ClFN. The average Bonchev–Trinajstić information content (AvgIpc) is 2.44. The molecule has 1 fully saturated rings. The second kappa shape index (κ2) is 8.75. The second-order valence-electron chi connectivity index (χ2n) is 6.20. The Balaban J connectivity index is 2.20. The molecule has 0 spiro atoms. The number of benzene rings is 1. The number of hydrogen-bond acceptors (Lipinski definition) is 1. The van der Waals surface area contributed by atoms with Gasteiger partial charge in [-0.2, -0.15) is 0 Å². The fraction of sp³-hybridized carbons (Fsp3) is 0.667. The molecule has 1 aromatic rings. The molecule has 0 amide bonds. The molecule has 118 valence electrons. The molecule has 0 heterocycles. The molecule has 0 aromatic heterocycles. The van der Waals surface area contributed by atoms with E-state index in [-0.39, 0.29) is 11.9 Å². The van der Waals surface area contributed by atoms with E-state index in [1.54, 1.807) is 12.1 Å². The normalized spacial score (nSPS) is 19.0. The Morgan fingerprint density at radius 3 is 2.52 bits per heavy atom. The maximum absolute atomic E-state index is 13.7. The van der Waals surface area contributed by atoms with Crippen molar-refractivity contribution >= 4 is 11.6 Å². The Labute approximate surface area is 133 Å². The average molecular weight is 312 g/mol. The van der Waals surface area contributed by atoms with Gasteiger partial charge in [-0.15, -0.1) is 0 Å². The van der Waals surface area contributed by atoms with E-state index < -0.39 is 0 Å². The highest BCUT2D eigenvalue weighted by molar-refractivity contribution is 6.31. The molecule has 0 saturated heterocycles. The first kappa shape index (κ1) is 16.8. The zero-order chi connectivity index (χ0) is 15.1. The highest BCUT2D eigenvalue weighted by atomic mass is 35.5. The highest BCUT2D eigenvalue weighted by Crippen LogP contribution is 2.36. The Morgan fingerprint density at radius 1 is 1.19 bits per heavy atom. The minimum absolute atomic E-state index is 0.186. The quantitative estimate of drug-likeness (QED) is 0.716. The third-order valence-corrected chi connectivity index (χ3v) is 4.87. The van der Waals surface area contributed by atoms with E-state index in [0.717, 1.165) is 18.5 Å². The molecule has 1 nitrogen and oxygen atoms in total. The number of halogens is 2. The summed E-state index contributed by atoms with van der Waals surface area (Å²) in [4.78, 5) is 0. The third kappa shape index (κ3) is 4.96. The van der Waals surface area contributed by atoms with Crippen LogP contribution in [0.15, 0.2) is 18.2 Å². The van der Waals surface area contributed by atoms with Gasteiger partial charge in [-0.05, 0) is 55.5 Å². The number of hydrogen-bond donors (Lipinski definition) is 1. The van der Waals surface area contributed by atoms with Crippen molar-refractivity contribution in [1.82, 2.24) is 5.32 Å². The molecule has 0 bridgehead atoms. The first-order valence-corrected chi connectivity index (χ1v) is 8.78. The molecule has 1 atom stereocenters. The van der Waals surface area contributed by atoms with Gasteiger partial charge >= 0.3 is 0 Å². The molecule has 0 radical (unpaired) electrons. The van der Waals surface area contributed by atoms with Crippen molar-refractivity contribution < 1.29 is 4.39 Å². The second-order valence-corrected chi connectivity index (χ2v) is 6.61.